The van der Waals surface area contributed by atoms with Gasteiger partial charge in [0.1, 0.15) is 18.1 Å². The Morgan fingerprint density at radius 3 is 2.17 bits per heavy atom. The van der Waals surface area contributed by atoms with Gasteiger partial charge in [-0.2, -0.15) is 5.10 Å². The number of hydrogen-bond donors (Lipinski definition) is 3. The second-order valence-electron chi connectivity index (χ2n) is 9.52. The molecule has 212 valence electrons. The van der Waals surface area contributed by atoms with Gasteiger partial charge >= 0.3 is 6.03 Å². The van der Waals surface area contributed by atoms with Crippen LogP contribution in [0.15, 0.2) is 108 Å². The number of carbonyl (C=O) groups excluding carboxylic acids is 3. The molecule has 0 fully saturated rings. The first-order chi connectivity index (χ1) is 20.4. The van der Waals surface area contributed by atoms with Gasteiger partial charge in [-0.3, -0.25) is 14.5 Å². The van der Waals surface area contributed by atoms with Crippen LogP contribution < -0.4 is 26.0 Å². The van der Waals surface area contributed by atoms with E-state index in [0.29, 0.717) is 34.2 Å². The quantitative estimate of drug-likeness (QED) is 0.261. The Morgan fingerprint density at radius 1 is 0.833 bits per heavy atom. The second kappa shape index (κ2) is 12.8. The number of nitrogens with one attached hydrogen (secondary N) is 2. The summed E-state index contributed by atoms with van der Waals surface area (Å²) >= 11 is 0. The summed E-state index contributed by atoms with van der Waals surface area (Å²) in [7, 11) is 0. The smallest absolute Gasteiger partial charge is 0.349 e. The molecule has 10 nitrogen and oxygen atoms in total. The van der Waals surface area contributed by atoms with E-state index < -0.39 is 0 Å². The third-order valence-corrected chi connectivity index (χ3v) is 6.43. The van der Waals surface area contributed by atoms with Crippen molar-refractivity contribution in [3.05, 3.63) is 114 Å². The lowest BCUT2D eigenvalue weighted by atomic mass is 10.1. The molecule has 0 saturated heterocycles. The predicted octanol–water partition coefficient (Wildman–Crippen LogP) is 5.10. The zero-order valence-corrected chi connectivity index (χ0v) is 23.0. The van der Waals surface area contributed by atoms with Gasteiger partial charge in [-0.05, 0) is 60.2 Å². The van der Waals surface area contributed by atoms with Crippen molar-refractivity contribution in [2.45, 2.75) is 13.5 Å². The van der Waals surface area contributed by atoms with Crippen LogP contribution >= 0.6 is 0 Å². The van der Waals surface area contributed by atoms with Crippen LogP contribution in [0.5, 0.6) is 5.75 Å². The number of hydrazone groups is 1. The molecule has 0 saturated carbocycles. The molecule has 0 spiro atoms. The number of amides is 4. The monoisotopic (exact) mass is 562 g/mol. The van der Waals surface area contributed by atoms with Crippen LogP contribution in [0.4, 0.5) is 27.5 Å². The molecule has 0 atom stereocenters. The van der Waals surface area contributed by atoms with Gasteiger partial charge < -0.3 is 21.1 Å². The normalized spacial score (nSPS) is 12.6. The maximum Gasteiger partial charge on any atom is 0.349 e. The number of nitrogens with two attached hydrogens (primary N) is 1. The predicted molar refractivity (Wildman–Crippen MR) is 163 cm³/mol. The molecule has 10 heteroatoms. The van der Waals surface area contributed by atoms with Crippen molar-refractivity contribution in [2.75, 3.05) is 28.7 Å². The van der Waals surface area contributed by atoms with Crippen LogP contribution in [0.3, 0.4) is 0 Å². The Balaban J connectivity index is 1.50. The fourth-order valence-corrected chi connectivity index (χ4v) is 4.48. The maximum atomic E-state index is 14.2. The molecule has 42 heavy (non-hydrogen) atoms. The Kier molecular flexibility index (Phi) is 8.55. The second-order valence-corrected chi connectivity index (χ2v) is 9.52. The average Bonchev–Trinajstić information content (AvgIpc) is 3.11. The molecule has 0 aromatic heterocycles. The van der Waals surface area contributed by atoms with Crippen molar-refractivity contribution in [1.82, 2.24) is 5.01 Å². The first kappa shape index (κ1) is 28.1. The number of ether oxygens (including phenoxy) is 1. The maximum absolute atomic E-state index is 14.2. The lowest BCUT2D eigenvalue weighted by Gasteiger charge is -2.27. The fraction of sp³-hybridized carbons (Fsp3) is 0.125. The first-order valence-corrected chi connectivity index (χ1v) is 13.3. The van der Waals surface area contributed by atoms with Gasteiger partial charge in [0.05, 0.1) is 24.5 Å². The third kappa shape index (κ3) is 6.62. The molecule has 4 aromatic rings. The van der Waals surface area contributed by atoms with Crippen LogP contribution in [-0.4, -0.2) is 41.7 Å². The summed E-state index contributed by atoms with van der Waals surface area (Å²) in [5.41, 5.74) is 10.1. The van der Waals surface area contributed by atoms with Crippen LogP contribution in [0.2, 0.25) is 0 Å². The van der Waals surface area contributed by atoms with Crippen LogP contribution in [0.1, 0.15) is 18.1 Å². The SMILES string of the molecule is CC(=O)Nc1ccc(OCC2=NN(Cc3ccccc3)C(=O)N(c3ccc(NC(=O)CN)cc3)c3ccccc32)cc1. The largest absolute Gasteiger partial charge is 0.487 e. The standard InChI is InChI=1S/C32H30N6O4/c1-22(39)34-24-13-17-27(18-14-24)42-21-29-28-9-5-6-10-30(28)38(26-15-11-25(12-16-26)35-31(40)19-33)32(41)37(36-29)20-23-7-3-2-4-8-23/h2-18H,19-21,33H2,1H3,(H,34,39)(H,35,40). The van der Waals surface area contributed by atoms with Gasteiger partial charge in [-0.1, -0.05) is 48.5 Å². The highest BCUT2D eigenvalue weighted by Gasteiger charge is 2.31. The minimum Gasteiger partial charge on any atom is -0.487 e. The summed E-state index contributed by atoms with van der Waals surface area (Å²) in [6, 6.07) is 30.8. The Labute approximate surface area is 243 Å². The average molecular weight is 563 g/mol. The molecule has 0 bridgehead atoms. The number of nitrogens with zero attached hydrogens (tertiary/aromatic N) is 3. The topological polar surface area (TPSA) is 129 Å². The van der Waals surface area contributed by atoms with Crippen LogP contribution in [0, 0.1) is 0 Å². The van der Waals surface area contributed by atoms with E-state index in [0.717, 1.165) is 11.1 Å². The van der Waals surface area contributed by atoms with Gasteiger partial charge in [0.15, 0.2) is 0 Å². The van der Waals surface area contributed by atoms with Gasteiger partial charge in [-0.25, -0.2) is 9.80 Å². The summed E-state index contributed by atoms with van der Waals surface area (Å²) in [5.74, 6) is 0.119. The zero-order valence-electron chi connectivity index (χ0n) is 23.0. The highest BCUT2D eigenvalue weighted by Crippen LogP contribution is 2.34. The molecule has 4 N–H and O–H groups in total. The molecular formula is C32H30N6O4. The van der Waals surface area contributed by atoms with E-state index in [1.165, 1.54) is 11.9 Å². The van der Waals surface area contributed by atoms with Crippen LogP contribution in [-0.2, 0) is 16.1 Å². The van der Waals surface area contributed by atoms with E-state index in [9.17, 15) is 14.4 Å². The number of para-hydroxylation sites is 1. The van der Waals surface area contributed by atoms with Crippen LogP contribution in [0.25, 0.3) is 0 Å². The number of benzene rings is 4. The highest BCUT2D eigenvalue weighted by molar-refractivity contribution is 6.13. The number of rotatable bonds is 9. The Morgan fingerprint density at radius 2 is 1.48 bits per heavy atom. The first-order valence-electron chi connectivity index (χ1n) is 13.3. The molecule has 0 radical (unpaired) electrons. The fourth-order valence-electron chi connectivity index (χ4n) is 4.48. The molecule has 1 aliphatic rings. The minimum absolute atomic E-state index is 0.0902. The van der Waals surface area contributed by atoms with Crippen molar-refractivity contribution in [2.24, 2.45) is 10.8 Å². The molecule has 4 aromatic carbocycles. The van der Waals surface area contributed by atoms with Crippen molar-refractivity contribution in [1.29, 1.82) is 0 Å². The molecule has 0 aliphatic carbocycles. The molecule has 1 aliphatic heterocycles. The van der Waals surface area contributed by atoms with Gasteiger partial charge in [-0.15, -0.1) is 0 Å². The third-order valence-electron chi connectivity index (χ3n) is 6.43. The van der Waals surface area contributed by atoms with Gasteiger partial charge in [0, 0.05) is 23.9 Å². The summed E-state index contributed by atoms with van der Waals surface area (Å²) in [5, 5.41) is 11.7. The van der Waals surface area contributed by atoms with Crippen molar-refractivity contribution < 1.29 is 19.1 Å². The Bertz CT molecular complexity index is 1600. The number of anilines is 4. The number of fused-ring (bicyclic) bond motifs is 1. The van der Waals surface area contributed by atoms with E-state index in [1.807, 2.05) is 54.6 Å². The number of urea groups is 1. The van der Waals surface area contributed by atoms with E-state index in [1.54, 1.807) is 53.4 Å². The molecule has 0 unspecified atom stereocenters. The summed E-state index contributed by atoms with van der Waals surface area (Å²) in [4.78, 5) is 38.9. The van der Waals surface area contributed by atoms with E-state index >= 15 is 0 Å². The summed E-state index contributed by atoms with van der Waals surface area (Å²) in [6.45, 7) is 1.65. The molecule has 5 rings (SSSR count). The lowest BCUT2D eigenvalue weighted by molar-refractivity contribution is -0.115. The van der Waals surface area contributed by atoms with E-state index in [4.69, 9.17) is 15.6 Å². The molecular weight excluding hydrogens is 532 g/mol. The lowest BCUT2D eigenvalue weighted by Crippen LogP contribution is -2.36. The summed E-state index contributed by atoms with van der Waals surface area (Å²) < 4.78 is 6.11. The van der Waals surface area contributed by atoms with Gasteiger partial charge in [0.25, 0.3) is 0 Å². The van der Waals surface area contributed by atoms with Crippen molar-refractivity contribution in [3.63, 3.8) is 0 Å². The molecule has 4 amide bonds. The van der Waals surface area contributed by atoms with Crippen molar-refractivity contribution >= 4 is 46.3 Å². The number of carbonyl (C=O) groups is 3. The van der Waals surface area contributed by atoms with E-state index in [2.05, 4.69) is 10.6 Å². The van der Waals surface area contributed by atoms with Crippen molar-refractivity contribution in [3.8, 4) is 5.75 Å². The highest BCUT2D eigenvalue weighted by atomic mass is 16.5. The minimum atomic E-state index is -0.347. The molecule has 1 heterocycles. The van der Waals surface area contributed by atoms with Gasteiger partial charge in [0.2, 0.25) is 11.8 Å². The van der Waals surface area contributed by atoms with E-state index in [-0.39, 0.29) is 37.5 Å². The Hall–Kier alpha value is -5.48. The summed E-state index contributed by atoms with van der Waals surface area (Å²) in [6.07, 6.45) is 0. The number of hydrogen-bond acceptors (Lipinski definition) is 6. The zero-order chi connectivity index (χ0) is 29.5.